The highest BCUT2D eigenvalue weighted by molar-refractivity contribution is 6.32. The van der Waals surface area contributed by atoms with E-state index in [2.05, 4.69) is 37.2 Å². The number of aliphatic hydroxyl groups is 1. The molecule has 470 valence electrons. The zero-order valence-electron chi connectivity index (χ0n) is 47.9. The Balaban J connectivity index is 1.13. The number of carbonyl (C=O) groups excluding carboxylic acids is 7. The zero-order valence-corrected chi connectivity index (χ0v) is 49.4. The zero-order chi connectivity index (χ0) is 64.9. The van der Waals surface area contributed by atoms with E-state index in [1.165, 1.54) is 78.7 Å². The van der Waals surface area contributed by atoms with Gasteiger partial charge in [0.15, 0.2) is 23.0 Å². The Kier molecular flexibility index (Phi) is 17.2. The van der Waals surface area contributed by atoms with Crippen LogP contribution in [0.2, 0.25) is 10.0 Å². The van der Waals surface area contributed by atoms with Gasteiger partial charge in [0.1, 0.15) is 88.6 Å². The molecule has 28 heteroatoms. The Morgan fingerprint density at radius 3 is 1.85 bits per heavy atom. The molecule has 16 N–H and O–H groups in total. The third-order valence-corrected chi connectivity index (χ3v) is 16.3. The summed E-state index contributed by atoms with van der Waals surface area (Å²) in [6.45, 7) is 0.579. The van der Waals surface area contributed by atoms with Crippen molar-refractivity contribution in [2.75, 3.05) is 27.2 Å². The summed E-state index contributed by atoms with van der Waals surface area (Å²) in [5.41, 5.74) is 5.08. The number of fused-ring (bicyclic) bond motifs is 14. The van der Waals surface area contributed by atoms with Crippen molar-refractivity contribution in [3.63, 3.8) is 0 Å². The number of aliphatic hydroxyl groups excluding tert-OH is 1. The minimum atomic E-state index is -2.15. The third-order valence-electron chi connectivity index (χ3n) is 15.7. The lowest BCUT2D eigenvalue weighted by Crippen LogP contribution is -2.56. The van der Waals surface area contributed by atoms with E-state index < -0.39 is 136 Å². The fourth-order valence-corrected chi connectivity index (χ4v) is 11.5. The van der Waals surface area contributed by atoms with Gasteiger partial charge in [-0.15, -0.1) is 0 Å². The number of carbonyl (C=O) groups is 7. The second-order valence-corrected chi connectivity index (χ2v) is 22.8. The first-order valence-electron chi connectivity index (χ1n) is 28.1. The van der Waals surface area contributed by atoms with Crippen LogP contribution in [0, 0.1) is 0 Å². The predicted octanol–water partition coefficient (Wildman–Crippen LogP) is 4.97. The molecule has 0 saturated heterocycles. The van der Waals surface area contributed by atoms with E-state index in [4.69, 9.17) is 43.1 Å². The van der Waals surface area contributed by atoms with Crippen LogP contribution in [-0.4, -0.2) is 121 Å². The van der Waals surface area contributed by atoms with E-state index in [9.17, 15) is 50.1 Å². The Labute approximate surface area is 526 Å². The smallest absolute Gasteiger partial charge is 0.249 e. The van der Waals surface area contributed by atoms with E-state index in [0.29, 0.717) is 18.5 Å². The highest BCUT2D eigenvalue weighted by atomic mass is 35.5. The topological polar surface area (TPSA) is 402 Å². The number of hydrogen-bond acceptors (Lipinski definition) is 19. The van der Waals surface area contributed by atoms with Crippen LogP contribution in [0.15, 0.2) is 115 Å². The van der Waals surface area contributed by atoms with Crippen LogP contribution in [0.25, 0.3) is 11.1 Å². The molecule has 0 aromatic heterocycles. The van der Waals surface area contributed by atoms with Crippen molar-refractivity contribution in [3.05, 3.63) is 164 Å². The Morgan fingerprint density at radius 2 is 1.16 bits per heavy atom. The summed E-state index contributed by atoms with van der Waals surface area (Å²) < 4.78 is 18.5. The number of hydrogen-bond donors (Lipinski definition) is 15. The molecule has 0 radical (unpaired) electrons. The molecule has 6 aliphatic heterocycles. The molecule has 7 amide bonds. The van der Waals surface area contributed by atoms with Crippen LogP contribution in [0.5, 0.6) is 69.0 Å². The van der Waals surface area contributed by atoms with Gasteiger partial charge in [-0.1, -0.05) is 47.5 Å². The second kappa shape index (κ2) is 25.2. The van der Waals surface area contributed by atoms with Crippen LogP contribution < -0.4 is 57.2 Å². The molecule has 6 aliphatic rings. The third kappa shape index (κ3) is 12.6. The molecule has 0 saturated carbocycles. The molecule has 8 atom stereocenters. The van der Waals surface area contributed by atoms with Crippen molar-refractivity contribution in [2.24, 2.45) is 5.73 Å². The number of nitrogens with one attached hydrogen (secondary N) is 7. The maximum absolute atomic E-state index is 15.9. The Hall–Kier alpha value is -10.5. The van der Waals surface area contributed by atoms with Crippen LogP contribution >= 0.6 is 23.2 Å². The quantitative estimate of drug-likeness (QED) is 0.101. The number of benzene rings is 7. The van der Waals surface area contributed by atoms with Crippen LogP contribution in [0.3, 0.4) is 0 Å². The predicted molar refractivity (Wildman–Crippen MR) is 323 cm³/mol. The normalized spacial score (nSPS) is 21.3. The van der Waals surface area contributed by atoms with Gasteiger partial charge in [0, 0.05) is 43.3 Å². The number of nitrogens with zero attached hydrogens (tertiary/aromatic N) is 1. The van der Waals surface area contributed by atoms with Gasteiger partial charge >= 0.3 is 0 Å². The molecule has 7 aromatic rings. The minimum Gasteiger partial charge on any atom is -0.508 e. The lowest BCUT2D eigenvalue weighted by Gasteiger charge is -2.32. The Morgan fingerprint density at radius 1 is 0.571 bits per heavy atom. The highest BCUT2D eigenvalue weighted by Crippen LogP contribution is 2.48. The molecule has 0 aliphatic carbocycles. The number of amides is 7. The highest BCUT2D eigenvalue weighted by Gasteiger charge is 2.42. The number of aromatic hydroxyl groups is 6. The van der Waals surface area contributed by atoms with Crippen molar-refractivity contribution in [2.45, 2.75) is 61.2 Å². The SMILES string of the molecule is CNCCCN(C)C(=O)[C@H]1NC(=O)[C@H]2NC(=O)[C@H](NC(=O)[C@@H]3NC(=O)[C@H]4NC(=O)[C@@H](Cc5ccc(c(Cl)c5)Oc5cc3cc(c5O)Oc3ccc(cc3Cl)[C@H]2O)NC(=O)[C@H](N)c2ccc(O)c(c2)Oc2cc(O)cc4c2)c2ccc(O)c(c2)-c2c(O)cc(O)cc21. The van der Waals surface area contributed by atoms with E-state index in [0.717, 1.165) is 48.5 Å². The number of phenolic OH excluding ortho intramolecular Hbond substituents is 6. The first kappa shape index (κ1) is 62.1. The van der Waals surface area contributed by atoms with E-state index in [-0.39, 0.29) is 90.5 Å². The first-order chi connectivity index (χ1) is 43.4. The van der Waals surface area contributed by atoms with Crippen LogP contribution in [0.1, 0.15) is 81.7 Å². The molecule has 7 aromatic carbocycles. The molecule has 0 unspecified atom stereocenters. The fourth-order valence-electron chi connectivity index (χ4n) is 11.0. The summed E-state index contributed by atoms with van der Waals surface area (Å²) in [6, 6.07) is 9.47. The number of phenols is 6. The summed E-state index contributed by atoms with van der Waals surface area (Å²) in [6.07, 6.45) is -1.99. The molecule has 91 heavy (non-hydrogen) atoms. The van der Waals surface area contributed by atoms with Crippen LogP contribution in [-0.2, 0) is 40.0 Å². The van der Waals surface area contributed by atoms with Gasteiger partial charge in [0.25, 0.3) is 0 Å². The van der Waals surface area contributed by atoms with E-state index in [1.807, 2.05) is 0 Å². The monoisotopic (exact) mass is 1280 g/mol. The van der Waals surface area contributed by atoms with Gasteiger partial charge in [-0.2, -0.15) is 0 Å². The molecular weight excluding hydrogens is 1230 g/mol. The maximum Gasteiger partial charge on any atom is 0.249 e. The van der Waals surface area contributed by atoms with Crippen molar-refractivity contribution >= 4 is 64.6 Å². The van der Waals surface area contributed by atoms with Gasteiger partial charge in [0.2, 0.25) is 47.1 Å². The summed E-state index contributed by atoms with van der Waals surface area (Å²) in [5, 5.41) is 99.5. The minimum absolute atomic E-state index is 0.113. The number of nitrogens with two attached hydrogens (primary N) is 1. The molecule has 0 fully saturated rings. The average molecular weight is 1280 g/mol. The molecule has 0 spiro atoms. The van der Waals surface area contributed by atoms with E-state index >= 15 is 19.2 Å². The lowest BCUT2D eigenvalue weighted by atomic mass is 9.89. The van der Waals surface area contributed by atoms with Gasteiger partial charge in [-0.25, -0.2) is 0 Å². The van der Waals surface area contributed by atoms with Gasteiger partial charge in [0.05, 0.1) is 10.0 Å². The average Bonchev–Trinajstić information content (AvgIpc) is 0.787. The van der Waals surface area contributed by atoms with Crippen molar-refractivity contribution < 1.29 is 83.5 Å². The summed E-state index contributed by atoms with van der Waals surface area (Å²) in [5.74, 6) is -13.3. The largest absolute Gasteiger partial charge is 0.508 e. The Bertz CT molecular complexity index is 4170. The number of rotatable bonds is 5. The van der Waals surface area contributed by atoms with Gasteiger partial charge < -0.3 is 97.8 Å². The molecule has 13 rings (SSSR count). The molecule has 17 bridgehead atoms. The van der Waals surface area contributed by atoms with Gasteiger partial charge in [-0.05, 0) is 138 Å². The maximum atomic E-state index is 15.9. The standard InChI is InChI=1S/C63H57Cl2N9O17/c1-67-12-3-13-74(2)63(88)53-36-24-33(76)25-42(79)48(36)35-18-28(6-8-40(35)77)50-59(84)73-54(62(87)72-53)55(80)29-7-11-44(38(65)19-29)91-47-22-31-21-46(56(47)81)90-43-10-4-26(14-37(43)64)15-39-57(82)69-51(60(85)71-52(31)61(86)70-50)30-16-32(75)23-34(17-30)89-45-20-27(5-9-41(45)78)49(66)58(83)68-39/h4-11,14,16-25,39,49-55,67,75-81H,3,12-13,15,66H2,1-2H3,(H,68,83)(H,69,82)(H,70,86)(H,71,85)(H,72,87)(H,73,84)/t39-,49-,50-,51+,52-,53+,54+,55-/m1/s1. The van der Waals surface area contributed by atoms with Crippen molar-refractivity contribution in [1.29, 1.82) is 0 Å². The molecule has 26 nitrogen and oxygen atoms in total. The summed E-state index contributed by atoms with van der Waals surface area (Å²) in [7, 11) is 3.14. The number of ether oxygens (including phenoxy) is 3. The second-order valence-electron chi connectivity index (χ2n) is 22.0. The fraction of sp³-hybridized carbons (Fsp3) is 0.222. The van der Waals surface area contributed by atoms with E-state index in [1.54, 1.807) is 7.05 Å². The van der Waals surface area contributed by atoms with Crippen molar-refractivity contribution in [3.8, 4) is 80.1 Å². The molecule has 6 heterocycles. The van der Waals surface area contributed by atoms with Crippen molar-refractivity contribution in [1.82, 2.24) is 42.1 Å². The number of halogens is 2. The number of likely N-dealkylation sites (N-methyl/N-ethyl adjacent to an activating group) is 1. The summed E-state index contributed by atoms with van der Waals surface area (Å²) in [4.78, 5) is 107. The summed E-state index contributed by atoms with van der Waals surface area (Å²) >= 11 is 13.8. The lowest BCUT2D eigenvalue weighted by molar-refractivity contribution is -0.139. The first-order valence-corrected chi connectivity index (χ1v) is 28.9. The van der Waals surface area contributed by atoms with Crippen LogP contribution in [0.4, 0.5) is 0 Å². The van der Waals surface area contributed by atoms with Gasteiger partial charge in [-0.3, -0.25) is 33.6 Å². The molecular formula is C63H57Cl2N9O17.